The maximum absolute atomic E-state index is 13.0. The Morgan fingerprint density at radius 1 is 0.914 bits per heavy atom. The molecule has 0 saturated carbocycles. The van der Waals surface area contributed by atoms with E-state index in [0.717, 1.165) is 49.5 Å². The lowest BCUT2D eigenvalue weighted by Crippen LogP contribution is -2.36. The monoisotopic (exact) mass is 493 g/mol. The van der Waals surface area contributed by atoms with Gasteiger partial charge >= 0.3 is 0 Å². The molecule has 1 amide bonds. The van der Waals surface area contributed by atoms with E-state index in [1.165, 1.54) is 6.07 Å². The van der Waals surface area contributed by atoms with E-state index >= 15 is 0 Å². The molecule has 35 heavy (non-hydrogen) atoms. The lowest BCUT2D eigenvalue weighted by molar-refractivity contribution is 0.0340. The first kappa shape index (κ1) is 25.1. The lowest BCUT2D eigenvalue weighted by Gasteiger charge is -2.27. The van der Waals surface area contributed by atoms with Crippen LogP contribution in [-0.4, -0.2) is 45.5 Å². The molecule has 0 atom stereocenters. The van der Waals surface area contributed by atoms with Gasteiger partial charge in [0.1, 0.15) is 0 Å². The van der Waals surface area contributed by atoms with Crippen LogP contribution in [-0.2, 0) is 34.4 Å². The molecule has 4 rings (SSSR count). The van der Waals surface area contributed by atoms with Gasteiger partial charge in [0, 0.05) is 38.3 Å². The van der Waals surface area contributed by atoms with Gasteiger partial charge in [0.25, 0.3) is 5.91 Å². The summed E-state index contributed by atoms with van der Waals surface area (Å²) in [5.41, 5.74) is 3.95. The van der Waals surface area contributed by atoms with Gasteiger partial charge in [-0.25, -0.2) is 13.1 Å². The number of carbonyl (C=O) groups excluding carboxylic acids is 1. The van der Waals surface area contributed by atoms with E-state index in [0.29, 0.717) is 17.7 Å². The zero-order valence-corrected chi connectivity index (χ0v) is 20.7. The Morgan fingerprint density at radius 3 is 2.34 bits per heavy atom. The molecular formula is C27H31N3O4S. The van der Waals surface area contributed by atoms with Crippen LogP contribution in [0.2, 0.25) is 0 Å². The first-order valence-corrected chi connectivity index (χ1v) is 13.2. The van der Waals surface area contributed by atoms with Crippen LogP contribution in [0.5, 0.6) is 0 Å². The van der Waals surface area contributed by atoms with E-state index < -0.39 is 10.0 Å². The highest BCUT2D eigenvalue weighted by Crippen LogP contribution is 2.18. The van der Waals surface area contributed by atoms with Gasteiger partial charge < -0.3 is 10.1 Å². The highest BCUT2D eigenvalue weighted by Gasteiger charge is 2.19. The normalized spacial score (nSPS) is 14.5. The van der Waals surface area contributed by atoms with E-state index in [9.17, 15) is 13.2 Å². The van der Waals surface area contributed by atoms with Gasteiger partial charge in [0.2, 0.25) is 10.0 Å². The van der Waals surface area contributed by atoms with Gasteiger partial charge in [-0.15, -0.1) is 0 Å². The number of morpholine rings is 1. The summed E-state index contributed by atoms with van der Waals surface area (Å²) in [6.45, 7) is 6.31. The van der Waals surface area contributed by atoms with Crippen LogP contribution in [0, 0.1) is 6.92 Å². The Bertz CT molecular complexity index is 1260. The average molecular weight is 494 g/mol. The number of nitrogens with one attached hydrogen (secondary N) is 2. The van der Waals surface area contributed by atoms with Crippen molar-refractivity contribution in [2.45, 2.75) is 31.5 Å². The Morgan fingerprint density at radius 2 is 1.60 bits per heavy atom. The summed E-state index contributed by atoms with van der Waals surface area (Å²) in [5.74, 6) is -0.314. The van der Waals surface area contributed by atoms with Crippen LogP contribution in [0.1, 0.15) is 32.6 Å². The van der Waals surface area contributed by atoms with Crippen molar-refractivity contribution in [3.05, 3.63) is 101 Å². The van der Waals surface area contributed by atoms with Gasteiger partial charge in [0.15, 0.2) is 0 Å². The Labute approximate surface area is 207 Å². The predicted octanol–water partition coefficient (Wildman–Crippen LogP) is 3.24. The lowest BCUT2D eigenvalue weighted by atomic mass is 10.1. The Hall–Kier alpha value is -3.04. The van der Waals surface area contributed by atoms with E-state index in [2.05, 4.69) is 21.0 Å². The zero-order chi connectivity index (χ0) is 24.7. The number of sulfonamides is 1. The molecule has 2 N–H and O–H groups in total. The van der Waals surface area contributed by atoms with Crippen LogP contribution >= 0.6 is 0 Å². The van der Waals surface area contributed by atoms with Crippen LogP contribution in [0.15, 0.2) is 77.7 Å². The zero-order valence-electron chi connectivity index (χ0n) is 19.9. The average Bonchev–Trinajstić information content (AvgIpc) is 2.88. The number of carbonyl (C=O) groups is 1. The summed E-state index contributed by atoms with van der Waals surface area (Å²) in [7, 11) is -3.78. The molecule has 1 aliphatic rings. The van der Waals surface area contributed by atoms with E-state index in [4.69, 9.17) is 4.74 Å². The smallest absolute Gasteiger partial charge is 0.251 e. The molecule has 1 heterocycles. The number of amides is 1. The molecule has 0 unspecified atom stereocenters. The second-order valence-electron chi connectivity index (χ2n) is 8.63. The van der Waals surface area contributed by atoms with Gasteiger partial charge in [-0.05, 0) is 41.3 Å². The van der Waals surface area contributed by atoms with Gasteiger partial charge in [-0.1, -0.05) is 60.7 Å². The highest BCUT2D eigenvalue weighted by atomic mass is 32.2. The fourth-order valence-electron chi connectivity index (χ4n) is 4.04. The Balaban J connectivity index is 1.43. The van der Waals surface area contributed by atoms with Crippen molar-refractivity contribution in [2.75, 3.05) is 26.3 Å². The molecule has 1 saturated heterocycles. The number of benzene rings is 3. The second-order valence-corrected chi connectivity index (χ2v) is 10.4. The van der Waals surface area contributed by atoms with Crippen LogP contribution in [0.4, 0.5) is 0 Å². The van der Waals surface area contributed by atoms with Gasteiger partial charge in [-0.2, -0.15) is 0 Å². The number of ether oxygens (including phenoxy) is 1. The molecule has 1 aliphatic heterocycles. The molecule has 0 bridgehead atoms. The minimum Gasteiger partial charge on any atom is -0.379 e. The molecule has 0 radical (unpaired) electrons. The molecule has 0 spiro atoms. The van der Waals surface area contributed by atoms with E-state index in [-0.39, 0.29) is 17.3 Å². The summed E-state index contributed by atoms with van der Waals surface area (Å²) >= 11 is 0. The number of hydrogen-bond acceptors (Lipinski definition) is 5. The third-order valence-corrected chi connectivity index (χ3v) is 7.65. The van der Waals surface area contributed by atoms with Crippen molar-refractivity contribution in [2.24, 2.45) is 0 Å². The van der Waals surface area contributed by atoms with Crippen molar-refractivity contribution in [3.8, 4) is 0 Å². The van der Waals surface area contributed by atoms with Gasteiger partial charge in [-0.3, -0.25) is 9.69 Å². The largest absolute Gasteiger partial charge is 0.379 e. The fraction of sp³-hybridized carbons (Fsp3) is 0.296. The maximum Gasteiger partial charge on any atom is 0.251 e. The third-order valence-electron chi connectivity index (χ3n) is 6.10. The van der Waals surface area contributed by atoms with Crippen molar-refractivity contribution in [3.63, 3.8) is 0 Å². The SMILES string of the molecule is Cc1ccc(C(=O)NCc2ccccc2CN2CCOCC2)cc1S(=O)(=O)NCc1ccccc1. The molecule has 3 aromatic rings. The first-order chi connectivity index (χ1) is 16.9. The van der Waals surface area contributed by atoms with E-state index in [1.54, 1.807) is 19.1 Å². The van der Waals surface area contributed by atoms with Crippen LogP contribution in [0.3, 0.4) is 0 Å². The quantitative estimate of drug-likeness (QED) is 0.478. The van der Waals surface area contributed by atoms with Crippen molar-refractivity contribution < 1.29 is 17.9 Å². The summed E-state index contributed by atoms with van der Waals surface area (Å²) in [5, 5.41) is 2.95. The van der Waals surface area contributed by atoms with Crippen molar-refractivity contribution >= 4 is 15.9 Å². The third kappa shape index (κ3) is 6.76. The first-order valence-electron chi connectivity index (χ1n) is 11.7. The molecule has 3 aromatic carbocycles. The molecule has 184 valence electrons. The molecule has 0 aromatic heterocycles. The summed E-state index contributed by atoms with van der Waals surface area (Å²) < 4.78 is 34.0. The predicted molar refractivity (Wildman–Crippen MR) is 135 cm³/mol. The molecule has 0 aliphatic carbocycles. The number of hydrogen-bond donors (Lipinski definition) is 2. The number of nitrogens with zero attached hydrogens (tertiary/aromatic N) is 1. The van der Waals surface area contributed by atoms with Crippen molar-refractivity contribution in [1.29, 1.82) is 0 Å². The molecule has 8 heteroatoms. The van der Waals surface area contributed by atoms with Gasteiger partial charge in [0.05, 0.1) is 18.1 Å². The molecule has 7 nitrogen and oxygen atoms in total. The topological polar surface area (TPSA) is 87.7 Å². The minimum absolute atomic E-state index is 0.105. The number of rotatable bonds is 9. The second kappa shape index (κ2) is 11.6. The Kier molecular flexibility index (Phi) is 8.30. The maximum atomic E-state index is 13.0. The van der Waals surface area contributed by atoms with Crippen LogP contribution < -0.4 is 10.0 Å². The summed E-state index contributed by atoms with van der Waals surface area (Å²) in [4.78, 5) is 15.4. The fourth-order valence-corrected chi connectivity index (χ4v) is 5.33. The summed E-state index contributed by atoms with van der Waals surface area (Å²) in [6.07, 6.45) is 0. The van der Waals surface area contributed by atoms with Crippen molar-refractivity contribution in [1.82, 2.24) is 14.9 Å². The number of aryl methyl sites for hydroxylation is 1. The standard InChI is InChI=1S/C27H31N3O4S/c1-21-11-12-23(17-26(21)35(32,33)29-18-22-7-3-2-4-8-22)27(31)28-19-24-9-5-6-10-25(24)20-30-13-15-34-16-14-30/h2-12,17,29H,13-16,18-20H2,1H3,(H,28,31). The summed E-state index contributed by atoms with van der Waals surface area (Å²) in [6, 6.07) is 22.1. The molecular weight excluding hydrogens is 462 g/mol. The van der Waals surface area contributed by atoms with Crippen LogP contribution in [0.25, 0.3) is 0 Å². The molecule has 1 fully saturated rings. The minimum atomic E-state index is -3.78. The van der Waals surface area contributed by atoms with E-state index in [1.807, 2.05) is 48.5 Å². The highest BCUT2D eigenvalue weighted by molar-refractivity contribution is 7.89.